The molecule has 2 aromatic rings. The van der Waals surface area contributed by atoms with E-state index in [-0.39, 0.29) is 17.9 Å². The van der Waals surface area contributed by atoms with Crippen LogP contribution in [0.2, 0.25) is 0 Å². The lowest BCUT2D eigenvalue weighted by Gasteiger charge is -2.14. The highest BCUT2D eigenvalue weighted by Gasteiger charge is 2.25. The zero-order chi connectivity index (χ0) is 20.1. The second kappa shape index (κ2) is 9.12. The summed E-state index contributed by atoms with van der Waals surface area (Å²) in [4.78, 5) is 24.9. The Kier molecular flexibility index (Phi) is 6.13. The molecule has 0 radical (unpaired) electrons. The van der Waals surface area contributed by atoms with Crippen molar-refractivity contribution in [2.24, 2.45) is 0 Å². The molecule has 5 heteroatoms. The van der Waals surface area contributed by atoms with Crippen LogP contribution in [0.15, 0.2) is 48.5 Å². The Labute approximate surface area is 171 Å². The first-order valence-electron chi connectivity index (χ1n) is 10.6. The largest absolute Gasteiger partial charge is 0.490 e. The molecule has 0 atom stereocenters. The number of hydrogen-bond acceptors (Lipinski definition) is 3. The van der Waals surface area contributed by atoms with Crippen LogP contribution in [0.1, 0.15) is 60.9 Å². The minimum Gasteiger partial charge on any atom is -0.490 e. The van der Waals surface area contributed by atoms with Gasteiger partial charge in [-0.3, -0.25) is 9.59 Å². The van der Waals surface area contributed by atoms with Crippen molar-refractivity contribution in [1.82, 2.24) is 5.32 Å². The highest BCUT2D eigenvalue weighted by atomic mass is 16.5. The summed E-state index contributed by atoms with van der Waals surface area (Å²) >= 11 is 0. The molecule has 2 fully saturated rings. The van der Waals surface area contributed by atoms with Gasteiger partial charge in [-0.05, 0) is 74.8 Å². The summed E-state index contributed by atoms with van der Waals surface area (Å²) in [5.74, 6) is 0.663. The number of aryl methyl sites for hydroxylation is 1. The number of ether oxygens (including phenoxy) is 1. The zero-order valence-electron chi connectivity index (χ0n) is 16.7. The number of amides is 2. The van der Waals surface area contributed by atoms with Gasteiger partial charge >= 0.3 is 0 Å². The molecule has 2 aliphatic carbocycles. The Balaban J connectivity index is 1.32. The van der Waals surface area contributed by atoms with E-state index in [0.717, 1.165) is 37.0 Å². The van der Waals surface area contributed by atoms with Crippen molar-refractivity contribution in [1.29, 1.82) is 0 Å². The Bertz CT molecular complexity index is 870. The van der Waals surface area contributed by atoms with E-state index >= 15 is 0 Å². The lowest BCUT2D eigenvalue weighted by atomic mass is 10.1. The van der Waals surface area contributed by atoms with E-state index in [0.29, 0.717) is 30.2 Å². The molecule has 2 aliphatic rings. The normalized spacial score (nSPS) is 16.4. The smallest absolute Gasteiger partial charge is 0.253 e. The molecule has 0 heterocycles. The van der Waals surface area contributed by atoms with Crippen LogP contribution >= 0.6 is 0 Å². The van der Waals surface area contributed by atoms with E-state index in [1.54, 1.807) is 12.1 Å². The number of anilines is 1. The fraction of sp³-hybridized carbons (Fsp3) is 0.417. The third-order valence-corrected chi connectivity index (χ3v) is 5.50. The first kappa shape index (κ1) is 19.5. The summed E-state index contributed by atoms with van der Waals surface area (Å²) in [6.45, 7) is 0. The second-order valence-corrected chi connectivity index (χ2v) is 8.01. The van der Waals surface area contributed by atoms with Crippen molar-refractivity contribution >= 4 is 17.5 Å². The Morgan fingerprint density at radius 2 is 1.76 bits per heavy atom. The lowest BCUT2D eigenvalue weighted by Crippen LogP contribution is -2.27. The van der Waals surface area contributed by atoms with Crippen LogP contribution in [0.3, 0.4) is 0 Å². The first-order valence-corrected chi connectivity index (χ1v) is 10.6. The van der Waals surface area contributed by atoms with E-state index < -0.39 is 0 Å². The quantitative estimate of drug-likeness (QED) is 0.696. The Hall–Kier alpha value is -2.82. The van der Waals surface area contributed by atoms with Gasteiger partial charge in [-0.15, -0.1) is 0 Å². The maximum absolute atomic E-state index is 12.5. The van der Waals surface area contributed by atoms with Crippen LogP contribution < -0.4 is 15.4 Å². The molecule has 0 unspecified atom stereocenters. The van der Waals surface area contributed by atoms with E-state index in [9.17, 15) is 9.59 Å². The van der Waals surface area contributed by atoms with Gasteiger partial charge in [0.1, 0.15) is 5.75 Å². The number of benzene rings is 2. The van der Waals surface area contributed by atoms with Crippen molar-refractivity contribution in [3.05, 3.63) is 59.7 Å². The zero-order valence-corrected chi connectivity index (χ0v) is 16.7. The fourth-order valence-electron chi connectivity index (χ4n) is 3.72. The number of para-hydroxylation sites is 1. The number of rotatable bonds is 8. The van der Waals surface area contributed by atoms with Crippen LogP contribution in [0.5, 0.6) is 5.75 Å². The molecule has 2 aromatic carbocycles. The molecule has 4 rings (SSSR count). The maximum Gasteiger partial charge on any atom is 0.253 e. The van der Waals surface area contributed by atoms with Crippen molar-refractivity contribution in [3.63, 3.8) is 0 Å². The summed E-state index contributed by atoms with van der Waals surface area (Å²) in [7, 11) is 0. The lowest BCUT2D eigenvalue weighted by molar-refractivity contribution is -0.116. The minimum atomic E-state index is -0.125. The third-order valence-electron chi connectivity index (χ3n) is 5.50. The SMILES string of the molecule is O=C(CCc1cccc(OC2CCCC2)c1)Nc1ccccc1C(=O)NC1CC1. The third kappa shape index (κ3) is 5.59. The van der Waals surface area contributed by atoms with Gasteiger partial charge in [0.05, 0.1) is 17.4 Å². The predicted molar refractivity (Wildman–Crippen MR) is 113 cm³/mol. The van der Waals surface area contributed by atoms with Crippen LogP contribution in [0.4, 0.5) is 5.69 Å². The molecule has 0 bridgehead atoms. The van der Waals surface area contributed by atoms with Crippen molar-refractivity contribution in [2.45, 2.75) is 63.5 Å². The topological polar surface area (TPSA) is 67.4 Å². The van der Waals surface area contributed by atoms with Crippen LogP contribution in [-0.4, -0.2) is 24.0 Å². The highest BCUT2D eigenvalue weighted by Crippen LogP contribution is 2.25. The monoisotopic (exact) mass is 392 g/mol. The fourth-order valence-corrected chi connectivity index (χ4v) is 3.72. The van der Waals surface area contributed by atoms with E-state index in [1.165, 1.54) is 12.8 Å². The molecule has 0 aliphatic heterocycles. The molecule has 0 aromatic heterocycles. The number of hydrogen-bond donors (Lipinski definition) is 2. The summed E-state index contributed by atoms with van der Waals surface area (Å²) in [6.07, 6.45) is 8.10. The predicted octanol–water partition coefficient (Wildman–Crippen LogP) is 4.47. The molecule has 152 valence electrons. The van der Waals surface area contributed by atoms with Crippen LogP contribution in [0.25, 0.3) is 0 Å². The van der Waals surface area contributed by atoms with Crippen molar-refractivity contribution in [2.75, 3.05) is 5.32 Å². The molecule has 2 N–H and O–H groups in total. The molecule has 0 saturated heterocycles. The molecular formula is C24H28N2O3. The summed E-state index contributed by atoms with van der Waals surface area (Å²) in [6, 6.07) is 15.5. The number of carbonyl (C=O) groups excluding carboxylic acids is 2. The molecule has 2 saturated carbocycles. The first-order chi connectivity index (χ1) is 14.2. The van der Waals surface area contributed by atoms with Crippen molar-refractivity contribution < 1.29 is 14.3 Å². The van der Waals surface area contributed by atoms with Gasteiger partial charge in [0.2, 0.25) is 5.91 Å². The summed E-state index contributed by atoms with van der Waals surface area (Å²) in [5, 5.41) is 5.87. The maximum atomic E-state index is 12.5. The average molecular weight is 392 g/mol. The van der Waals surface area contributed by atoms with E-state index in [2.05, 4.69) is 10.6 Å². The van der Waals surface area contributed by atoms with Gasteiger partial charge < -0.3 is 15.4 Å². The average Bonchev–Trinajstić information content (AvgIpc) is 3.39. The van der Waals surface area contributed by atoms with Gasteiger partial charge in [-0.25, -0.2) is 0 Å². The molecule has 2 amide bonds. The van der Waals surface area contributed by atoms with Crippen LogP contribution in [-0.2, 0) is 11.2 Å². The standard InChI is InChI=1S/C24H28N2O3/c27-23(26-22-11-4-3-10-21(22)24(28)25-18-13-14-18)15-12-17-6-5-9-20(16-17)29-19-7-1-2-8-19/h3-6,9-11,16,18-19H,1-2,7-8,12-15H2,(H,25,28)(H,26,27). The molecule has 29 heavy (non-hydrogen) atoms. The Morgan fingerprint density at radius 1 is 0.966 bits per heavy atom. The second-order valence-electron chi connectivity index (χ2n) is 8.01. The van der Waals surface area contributed by atoms with E-state index in [1.807, 2.05) is 36.4 Å². The van der Waals surface area contributed by atoms with Gasteiger partial charge in [0, 0.05) is 12.5 Å². The van der Waals surface area contributed by atoms with Crippen molar-refractivity contribution in [3.8, 4) is 5.75 Å². The van der Waals surface area contributed by atoms with Gasteiger partial charge in [0.15, 0.2) is 0 Å². The molecule has 5 nitrogen and oxygen atoms in total. The highest BCUT2D eigenvalue weighted by molar-refractivity contribution is 6.03. The minimum absolute atomic E-state index is 0.0983. The summed E-state index contributed by atoms with van der Waals surface area (Å²) < 4.78 is 6.05. The number of nitrogens with one attached hydrogen (secondary N) is 2. The molecule has 0 spiro atoms. The Morgan fingerprint density at radius 3 is 2.55 bits per heavy atom. The van der Waals surface area contributed by atoms with Gasteiger partial charge in [-0.2, -0.15) is 0 Å². The van der Waals surface area contributed by atoms with Gasteiger partial charge in [-0.1, -0.05) is 24.3 Å². The summed E-state index contributed by atoms with van der Waals surface area (Å²) in [5.41, 5.74) is 2.16. The number of carbonyl (C=O) groups is 2. The molecular weight excluding hydrogens is 364 g/mol. The van der Waals surface area contributed by atoms with Gasteiger partial charge in [0.25, 0.3) is 5.91 Å². The van der Waals surface area contributed by atoms with E-state index in [4.69, 9.17) is 4.74 Å². The van der Waals surface area contributed by atoms with Crippen LogP contribution in [0, 0.1) is 0 Å².